The Bertz CT molecular complexity index is 866. The van der Waals surface area contributed by atoms with Crippen molar-refractivity contribution in [1.82, 2.24) is 5.32 Å². The molecule has 5 nitrogen and oxygen atoms in total. The molecular formula is C21H22N2O3S. The number of anilines is 1. The largest absolute Gasteiger partial charge is 0.497 e. The molecule has 2 N–H and O–H groups in total. The molecule has 0 radical (unpaired) electrons. The molecule has 3 rings (SSSR count). The number of thiophene rings is 1. The van der Waals surface area contributed by atoms with E-state index in [0.717, 1.165) is 10.4 Å². The second-order valence-corrected chi connectivity index (χ2v) is 6.83. The number of carbonyl (C=O) groups excluding carboxylic acids is 1. The van der Waals surface area contributed by atoms with Crippen LogP contribution >= 0.6 is 11.3 Å². The van der Waals surface area contributed by atoms with Gasteiger partial charge in [0.05, 0.1) is 32.5 Å². The maximum absolute atomic E-state index is 12.5. The second kappa shape index (κ2) is 9.21. The van der Waals surface area contributed by atoms with Crippen molar-refractivity contribution in [2.45, 2.75) is 6.04 Å². The van der Waals surface area contributed by atoms with Gasteiger partial charge in [-0.25, -0.2) is 0 Å². The topological polar surface area (TPSA) is 59.6 Å². The van der Waals surface area contributed by atoms with Gasteiger partial charge in [-0.3, -0.25) is 10.1 Å². The molecule has 0 saturated heterocycles. The summed E-state index contributed by atoms with van der Waals surface area (Å²) < 4.78 is 10.5. The molecule has 0 aliphatic carbocycles. The molecule has 0 aliphatic heterocycles. The summed E-state index contributed by atoms with van der Waals surface area (Å²) in [6, 6.07) is 19.4. The normalized spacial score (nSPS) is 11.6. The third-order valence-electron chi connectivity index (χ3n) is 4.11. The number of benzene rings is 2. The first-order valence-corrected chi connectivity index (χ1v) is 9.43. The zero-order valence-corrected chi connectivity index (χ0v) is 16.1. The van der Waals surface area contributed by atoms with Crippen molar-refractivity contribution >= 4 is 22.9 Å². The van der Waals surface area contributed by atoms with Crippen molar-refractivity contribution in [2.24, 2.45) is 0 Å². The van der Waals surface area contributed by atoms with Crippen LogP contribution in [0.3, 0.4) is 0 Å². The quantitative estimate of drug-likeness (QED) is 0.616. The maximum Gasteiger partial charge on any atom is 0.238 e. The van der Waals surface area contributed by atoms with E-state index in [2.05, 4.69) is 28.8 Å². The zero-order chi connectivity index (χ0) is 19.1. The third kappa shape index (κ3) is 4.87. The number of nitrogens with one attached hydrogen (secondary N) is 2. The summed E-state index contributed by atoms with van der Waals surface area (Å²) in [4.78, 5) is 13.6. The summed E-state index contributed by atoms with van der Waals surface area (Å²) in [6.07, 6.45) is 0. The molecule has 0 spiro atoms. The Balaban J connectivity index is 1.68. The molecule has 0 saturated carbocycles. The highest BCUT2D eigenvalue weighted by atomic mass is 32.1. The minimum atomic E-state index is -0.143. The van der Waals surface area contributed by atoms with Gasteiger partial charge in [0.15, 0.2) is 0 Å². The summed E-state index contributed by atoms with van der Waals surface area (Å²) in [5, 5.41) is 8.27. The molecule has 0 unspecified atom stereocenters. The second-order valence-electron chi connectivity index (χ2n) is 5.85. The lowest BCUT2D eigenvalue weighted by molar-refractivity contribution is -0.115. The SMILES string of the molecule is COc1ccc(NC(=O)CN[C@H](c2ccccc2)c2cccs2)c(OC)c1. The van der Waals surface area contributed by atoms with Gasteiger partial charge in [-0.05, 0) is 29.1 Å². The first-order valence-electron chi connectivity index (χ1n) is 8.55. The number of carbonyl (C=O) groups is 1. The highest BCUT2D eigenvalue weighted by Crippen LogP contribution is 2.29. The standard InChI is InChI=1S/C21H22N2O3S/c1-25-16-10-11-17(18(13-16)26-2)23-20(24)14-22-21(19-9-6-12-27-19)15-7-4-3-5-8-15/h3-13,21-22H,14H2,1-2H3,(H,23,24)/t21-/m1/s1. The van der Waals surface area contributed by atoms with Crippen molar-refractivity contribution in [2.75, 3.05) is 26.1 Å². The van der Waals surface area contributed by atoms with E-state index in [-0.39, 0.29) is 18.5 Å². The molecule has 6 heteroatoms. The van der Waals surface area contributed by atoms with Gasteiger partial charge >= 0.3 is 0 Å². The van der Waals surface area contributed by atoms with Crippen LogP contribution in [0.1, 0.15) is 16.5 Å². The van der Waals surface area contributed by atoms with Crippen LogP contribution in [0.25, 0.3) is 0 Å². The van der Waals surface area contributed by atoms with Crippen LogP contribution < -0.4 is 20.1 Å². The summed E-state index contributed by atoms with van der Waals surface area (Å²) in [7, 11) is 3.15. The van der Waals surface area contributed by atoms with Crippen LogP contribution in [0.5, 0.6) is 11.5 Å². The fourth-order valence-corrected chi connectivity index (χ4v) is 3.60. The Morgan fingerprint density at radius 1 is 1.04 bits per heavy atom. The first-order chi connectivity index (χ1) is 13.2. The number of hydrogen-bond acceptors (Lipinski definition) is 5. The van der Waals surface area contributed by atoms with E-state index in [0.29, 0.717) is 17.2 Å². The first kappa shape index (κ1) is 18.9. The average molecular weight is 382 g/mol. The van der Waals surface area contributed by atoms with Gasteiger partial charge in [-0.2, -0.15) is 0 Å². The van der Waals surface area contributed by atoms with E-state index in [4.69, 9.17) is 9.47 Å². The molecule has 0 bridgehead atoms. The van der Waals surface area contributed by atoms with Crippen LogP contribution in [0, 0.1) is 0 Å². The molecule has 0 fully saturated rings. The molecule has 0 aliphatic rings. The van der Waals surface area contributed by atoms with Gasteiger partial charge < -0.3 is 14.8 Å². The Morgan fingerprint density at radius 3 is 2.52 bits per heavy atom. The number of ether oxygens (including phenoxy) is 2. The molecule has 1 amide bonds. The molecule has 1 atom stereocenters. The van der Waals surface area contributed by atoms with Gasteiger partial charge in [-0.1, -0.05) is 36.4 Å². The Labute approximate surface area is 162 Å². The van der Waals surface area contributed by atoms with Crippen molar-refractivity contribution in [3.05, 3.63) is 76.5 Å². The molecule has 140 valence electrons. The van der Waals surface area contributed by atoms with Crippen molar-refractivity contribution in [1.29, 1.82) is 0 Å². The lowest BCUT2D eigenvalue weighted by atomic mass is 10.1. The van der Waals surface area contributed by atoms with Crippen LogP contribution in [-0.4, -0.2) is 26.7 Å². The monoisotopic (exact) mass is 382 g/mol. The van der Waals surface area contributed by atoms with E-state index in [1.54, 1.807) is 43.8 Å². The van der Waals surface area contributed by atoms with Crippen molar-refractivity contribution in [3.8, 4) is 11.5 Å². The fraction of sp³-hybridized carbons (Fsp3) is 0.190. The highest BCUT2D eigenvalue weighted by molar-refractivity contribution is 7.10. The predicted octanol–water partition coefficient (Wildman–Crippen LogP) is 4.08. The fourth-order valence-electron chi connectivity index (χ4n) is 2.77. The van der Waals surface area contributed by atoms with Gasteiger partial charge in [0.1, 0.15) is 11.5 Å². The summed E-state index contributed by atoms with van der Waals surface area (Å²) in [5.41, 5.74) is 1.73. The van der Waals surface area contributed by atoms with E-state index in [1.165, 1.54) is 0 Å². The minimum absolute atomic E-state index is 0.0327. The predicted molar refractivity (Wildman–Crippen MR) is 109 cm³/mol. The van der Waals surface area contributed by atoms with E-state index in [9.17, 15) is 4.79 Å². The highest BCUT2D eigenvalue weighted by Gasteiger charge is 2.16. The molecule has 2 aromatic carbocycles. The third-order valence-corrected chi connectivity index (χ3v) is 5.05. The van der Waals surface area contributed by atoms with Gasteiger partial charge in [0, 0.05) is 10.9 Å². The smallest absolute Gasteiger partial charge is 0.238 e. The Morgan fingerprint density at radius 2 is 1.85 bits per heavy atom. The van der Waals surface area contributed by atoms with Crippen LogP contribution in [0.15, 0.2) is 66.0 Å². The molecule has 27 heavy (non-hydrogen) atoms. The zero-order valence-electron chi connectivity index (χ0n) is 15.3. The average Bonchev–Trinajstić information content (AvgIpc) is 3.24. The number of hydrogen-bond donors (Lipinski definition) is 2. The Kier molecular flexibility index (Phi) is 6.46. The molecular weight excluding hydrogens is 360 g/mol. The van der Waals surface area contributed by atoms with E-state index in [1.807, 2.05) is 29.6 Å². The van der Waals surface area contributed by atoms with Crippen LogP contribution in [-0.2, 0) is 4.79 Å². The van der Waals surface area contributed by atoms with Gasteiger partial charge in [-0.15, -0.1) is 11.3 Å². The summed E-state index contributed by atoms with van der Waals surface area (Å²) in [5.74, 6) is 1.08. The summed E-state index contributed by atoms with van der Waals surface area (Å²) >= 11 is 1.66. The summed E-state index contributed by atoms with van der Waals surface area (Å²) in [6.45, 7) is 0.173. The number of rotatable bonds is 8. The maximum atomic E-state index is 12.5. The van der Waals surface area contributed by atoms with E-state index < -0.39 is 0 Å². The lowest BCUT2D eigenvalue weighted by Gasteiger charge is -2.18. The van der Waals surface area contributed by atoms with Crippen LogP contribution in [0.2, 0.25) is 0 Å². The van der Waals surface area contributed by atoms with Crippen LogP contribution in [0.4, 0.5) is 5.69 Å². The molecule has 1 heterocycles. The van der Waals surface area contributed by atoms with Gasteiger partial charge in [0.2, 0.25) is 5.91 Å². The number of methoxy groups -OCH3 is 2. The minimum Gasteiger partial charge on any atom is -0.497 e. The van der Waals surface area contributed by atoms with E-state index >= 15 is 0 Å². The lowest BCUT2D eigenvalue weighted by Crippen LogP contribution is -2.31. The van der Waals surface area contributed by atoms with Gasteiger partial charge in [0.25, 0.3) is 0 Å². The number of amides is 1. The Hall–Kier alpha value is -2.83. The van der Waals surface area contributed by atoms with Crippen molar-refractivity contribution in [3.63, 3.8) is 0 Å². The van der Waals surface area contributed by atoms with Crippen molar-refractivity contribution < 1.29 is 14.3 Å². The molecule has 3 aromatic rings. The molecule has 1 aromatic heterocycles.